The van der Waals surface area contributed by atoms with Crippen molar-refractivity contribution in [2.45, 2.75) is 0 Å². The minimum atomic E-state index is -0.0725. The third-order valence-electron chi connectivity index (χ3n) is 3.36. The normalized spacial score (nSPS) is 12.8. The molecule has 0 aromatic heterocycles. The molecule has 2 aromatic rings. The number of amides is 1. The van der Waals surface area contributed by atoms with Crippen LogP contribution in [0.15, 0.2) is 48.5 Å². The lowest BCUT2D eigenvalue weighted by molar-refractivity contribution is 0.0989. The molecular formula is C16H16N2O2. The molecule has 0 radical (unpaired) electrons. The summed E-state index contributed by atoms with van der Waals surface area (Å²) in [6, 6.07) is 15.2. The Labute approximate surface area is 118 Å². The number of ether oxygens (including phenoxy) is 1. The number of para-hydroxylation sites is 2. The largest absolute Gasteiger partial charge is 0.489 e. The van der Waals surface area contributed by atoms with Gasteiger partial charge >= 0.3 is 0 Å². The molecule has 0 spiro atoms. The van der Waals surface area contributed by atoms with Crippen LogP contribution < -0.4 is 15.0 Å². The molecule has 3 rings (SSSR count). The molecule has 0 bridgehead atoms. The zero-order valence-electron chi connectivity index (χ0n) is 11.3. The van der Waals surface area contributed by atoms with Crippen LogP contribution >= 0.6 is 0 Å². The molecule has 1 aliphatic rings. The van der Waals surface area contributed by atoms with Crippen LogP contribution in [0.5, 0.6) is 5.75 Å². The fraction of sp³-hybridized carbons (Fsp3) is 0.188. The van der Waals surface area contributed by atoms with Crippen molar-refractivity contribution in [3.8, 4) is 5.75 Å². The van der Waals surface area contributed by atoms with Crippen LogP contribution in [0.3, 0.4) is 0 Å². The van der Waals surface area contributed by atoms with Crippen molar-refractivity contribution in [3.63, 3.8) is 0 Å². The SMILES string of the molecule is CN(C(=O)c1cccc2c1OCCN2)c1ccccc1. The van der Waals surface area contributed by atoms with E-state index in [4.69, 9.17) is 4.74 Å². The monoisotopic (exact) mass is 268 g/mol. The maximum atomic E-state index is 12.6. The van der Waals surface area contributed by atoms with Gasteiger partial charge in [0.1, 0.15) is 6.61 Å². The number of hydrogen-bond donors (Lipinski definition) is 1. The molecule has 2 aromatic carbocycles. The highest BCUT2D eigenvalue weighted by Crippen LogP contribution is 2.32. The van der Waals surface area contributed by atoms with Crippen LogP contribution in [0.4, 0.5) is 11.4 Å². The van der Waals surface area contributed by atoms with Crippen molar-refractivity contribution in [3.05, 3.63) is 54.1 Å². The number of rotatable bonds is 2. The predicted octanol–water partition coefficient (Wildman–Crippen LogP) is 2.77. The summed E-state index contributed by atoms with van der Waals surface area (Å²) in [5.41, 5.74) is 2.32. The summed E-state index contributed by atoms with van der Waals surface area (Å²) in [4.78, 5) is 14.3. The average molecular weight is 268 g/mol. The fourth-order valence-electron chi connectivity index (χ4n) is 2.29. The van der Waals surface area contributed by atoms with Gasteiger partial charge in [0.25, 0.3) is 5.91 Å². The van der Waals surface area contributed by atoms with Gasteiger partial charge in [-0.3, -0.25) is 4.79 Å². The predicted molar refractivity (Wildman–Crippen MR) is 79.6 cm³/mol. The molecule has 1 amide bonds. The van der Waals surface area contributed by atoms with Gasteiger partial charge < -0.3 is 15.0 Å². The Morgan fingerprint density at radius 3 is 2.75 bits per heavy atom. The smallest absolute Gasteiger partial charge is 0.261 e. The second-order valence-electron chi connectivity index (χ2n) is 4.66. The van der Waals surface area contributed by atoms with E-state index in [0.29, 0.717) is 17.9 Å². The number of benzene rings is 2. The van der Waals surface area contributed by atoms with Gasteiger partial charge in [-0.2, -0.15) is 0 Å². The molecule has 0 unspecified atom stereocenters. The third kappa shape index (κ3) is 2.20. The Morgan fingerprint density at radius 2 is 1.95 bits per heavy atom. The molecule has 1 N–H and O–H groups in total. The van der Waals surface area contributed by atoms with Gasteiger partial charge in [0.2, 0.25) is 0 Å². The highest BCUT2D eigenvalue weighted by molar-refractivity contribution is 6.08. The highest BCUT2D eigenvalue weighted by Gasteiger charge is 2.22. The lowest BCUT2D eigenvalue weighted by Gasteiger charge is -2.24. The lowest BCUT2D eigenvalue weighted by atomic mass is 10.1. The number of carbonyl (C=O) groups is 1. The molecule has 102 valence electrons. The molecule has 4 heteroatoms. The second-order valence-corrected chi connectivity index (χ2v) is 4.66. The van der Waals surface area contributed by atoms with Crippen LogP contribution in [0, 0.1) is 0 Å². The quantitative estimate of drug-likeness (QED) is 0.910. The summed E-state index contributed by atoms with van der Waals surface area (Å²) in [6.45, 7) is 1.34. The van der Waals surface area contributed by atoms with Crippen LogP contribution in [0.1, 0.15) is 10.4 Å². The first-order chi connectivity index (χ1) is 9.77. The Hall–Kier alpha value is -2.49. The van der Waals surface area contributed by atoms with Crippen molar-refractivity contribution in [1.82, 2.24) is 0 Å². The van der Waals surface area contributed by atoms with Gasteiger partial charge in [0.05, 0.1) is 11.3 Å². The molecule has 1 heterocycles. The van der Waals surface area contributed by atoms with Crippen molar-refractivity contribution < 1.29 is 9.53 Å². The molecule has 0 fully saturated rings. The van der Waals surface area contributed by atoms with Gasteiger partial charge in [-0.25, -0.2) is 0 Å². The second kappa shape index (κ2) is 5.25. The van der Waals surface area contributed by atoms with Gasteiger partial charge in [0, 0.05) is 19.3 Å². The average Bonchev–Trinajstić information content (AvgIpc) is 2.54. The molecule has 1 aliphatic heterocycles. The molecule has 4 nitrogen and oxygen atoms in total. The summed E-state index contributed by atoms with van der Waals surface area (Å²) in [5.74, 6) is 0.572. The lowest BCUT2D eigenvalue weighted by Crippen LogP contribution is -2.28. The maximum Gasteiger partial charge on any atom is 0.261 e. The number of nitrogens with zero attached hydrogens (tertiary/aromatic N) is 1. The first-order valence-corrected chi connectivity index (χ1v) is 6.60. The van der Waals surface area contributed by atoms with E-state index in [-0.39, 0.29) is 5.91 Å². The summed E-state index contributed by atoms with van der Waals surface area (Å²) >= 11 is 0. The summed E-state index contributed by atoms with van der Waals surface area (Å²) < 4.78 is 5.65. The van der Waals surface area contributed by atoms with Gasteiger partial charge in [-0.05, 0) is 24.3 Å². The van der Waals surface area contributed by atoms with Crippen LogP contribution in [-0.4, -0.2) is 26.1 Å². The van der Waals surface area contributed by atoms with E-state index >= 15 is 0 Å². The van der Waals surface area contributed by atoms with Gasteiger partial charge in [-0.15, -0.1) is 0 Å². The minimum absolute atomic E-state index is 0.0725. The molecule has 20 heavy (non-hydrogen) atoms. The van der Waals surface area contributed by atoms with E-state index in [0.717, 1.165) is 17.9 Å². The molecular weight excluding hydrogens is 252 g/mol. The van der Waals surface area contributed by atoms with Crippen molar-refractivity contribution >= 4 is 17.3 Å². The summed E-state index contributed by atoms with van der Waals surface area (Å²) in [6.07, 6.45) is 0. The zero-order valence-corrected chi connectivity index (χ0v) is 11.3. The molecule has 0 atom stereocenters. The van der Waals surface area contributed by atoms with E-state index in [1.54, 1.807) is 18.0 Å². The van der Waals surface area contributed by atoms with E-state index in [9.17, 15) is 4.79 Å². The van der Waals surface area contributed by atoms with Crippen LogP contribution in [-0.2, 0) is 0 Å². The van der Waals surface area contributed by atoms with Crippen molar-refractivity contribution in [2.24, 2.45) is 0 Å². The minimum Gasteiger partial charge on any atom is -0.489 e. The Morgan fingerprint density at radius 1 is 1.15 bits per heavy atom. The number of carbonyl (C=O) groups excluding carboxylic acids is 1. The molecule has 0 aliphatic carbocycles. The number of hydrogen-bond acceptors (Lipinski definition) is 3. The van der Waals surface area contributed by atoms with E-state index in [1.807, 2.05) is 42.5 Å². The zero-order chi connectivity index (χ0) is 13.9. The molecule has 0 saturated carbocycles. The Balaban J connectivity index is 1.95. The highest BCUT2D eigenvalue weighted by atomic mass is 16.5. The number of nitrogens with one attached hydrogen (secondary N) is 1. The van der Waals surface area contributed by atoms with Crippen LogP contribution in [0.2, 0.25) is 0 Å². The third-order valence-corrected chi connectivity index (χ3v) is 3.36. The Kier molecular flexibility index (Phi) is 3.29. The number of fused-ring (bicyclic) bond motifs is 1. The first kappa shape index (κ1) is 12.5. The Bertz CT molecular complexity index is 626. The van der Waals surface area contributed by atoms with E-state index in [2.05, 4.69) is 5.32 Å². The maximum absolute atomic E-state index is 12.6. The fourth-order valence-corrected chi connectivity index (χ4v) is 2.29. The van der Waals surface area contributed by atoms with E-state index in [1.165, 1.54) is 0 Å². The molecule has 0 saturated heterocycles. The van der Waals surface area contributed by atoms with Crippen LogP contribution in [0.25, 0.3) is 0 Å². The summed E-state index contributed by atoms with van der Waals surface area (Å²) in [7, 11) is 1.77. The van der Waals surface area contributed by atoms with Gasteiger partial charge in [-0.1, -0.05) is 24.3 Å². The summed E-state index contributed by atoms with van der Waals surface area (Å²) in [5, 5.41) is 3.24. The van der Waals surface area contributed by atoms with Crippen molar-refractivity contribution in [1.29, 1.82) is 0 Å². The first-order valence-electron chi connectivity index (χ1n) is 6.60. The number of anilines is 2. The van der Waals surface area contributed by atoms with Crippen molar-refractivity contribution in [2.75, 3.05) is 30.4 Å². The topological polar surface area (TPSA) is 41.6 Å². The van der Waals surface area contributed by atoms with E-state index < -0.39 is 0 Å². The van der Waals surface area contributed by atoms with Gasteiger partial charge in [0.15, 0.2) is 5.75 Å². The standard InChI is InChI=1S/C16H16N2O2/c1-18(12-6-3-2-4-7-12)16(19)13-8-5-9-14-15(13)20-11-10-17-14/h2-9,17H,10-11H2,1H3.